The van der Waals surface area contributed by atoms with E-state index in [-0.39, 0.29) is 0 Å². The summed E-state index contributed by atoms with van der Waals surface area (Å²) in [6, 6.07) is 9.47. The summed E-state index contributed by atoms with van der Waals surface area (Å²) in [6.07, 6.45) is 0. The molecule has 1 aromatic carbocycles. The molecule has 2 nitrogen and oxygen atoms in total. The fourth-order valence-electron chi connectivity index (χ4n) is 2.06. The predicted octanol–water partition coefficient (Wildman–Crippen LogP) is 4.56. The molecule has 0 aliphatic rings. The number of nitrogens with zero attached hydrogens (tertiary/aromatic N) is 1. The third-order valence-corrected chi connectivity index (χ3v) is 3.73. The normalized spacial score (nSPS) is 11.7. The topological polar surface area (TPSA) is 38.9 Å². The molecule has 0 unspecified atom stereocenters. The highest BCUT2D eigenvalue weighted by atomic mass is 35.5. The van der Waals surface area contributed by atoms with Gasteiger partial charge >= 0.3 is 0 Å². The van der Waals surface area contributed by atoms with Crippen LogP contribution < -0.4 is 5.73 Å². The van der Waals surface area contributed by atoms with Gasteiger partial charge in [0.25, 0.3) is 0 Å². The van der Waals surface area contributed by atoms with Gasteiger partial charge in [0.05, 0.1) is 15.7 Å². The molecule has 1 heterocycles. The lowest BCUT2D eigenvalue weighted by atomic mass is 9.93. The van der Waals surface area contributed by atoms with E-state index in [1.807, 2.05) is 45.0 Å². The van der Waals surface area contributed by atoms with Crippen LogP contribution in [0.1, 0.15) is 25.1 Å². The molecule has 0 atom stereocenters. The van der Waals surface area contributed by atoms with Gasteiger partial charge in [-0.1, -0.05) is 35.3 Å². The lowest BCUT2D eigenvalue weighted by Gasteiger charge is -2.21. The maximum Gasteiger partial charge on any atom is 0.0705 e. The average Bonchev–Trinajstić information content (AvgIpc) is 2.31. The molecule has 0 aliphatic heterocycles. The van der Waals surface area contributed by atoms with Crippen molar-refractivity contribution in [2.45, 2.75) is 26.3 Å². The van der Waals surface area contributed by atoms with Crippen LogP contribution in [0.5, 0.6) is 0 Å². The van der Waals surface area contributed by atoms with Gasteiger partial charge in [-0.15, -0.1) is 0 Å². The van der Waals surface area contributed by atoms with E-state index in [2.05, 4.69) is 4.98 Å². The first-order valence-electron chi connectivity index (χ1n) is 6.01. The summed E-state index contributed by atoms with van der Waals surface area (Å²) in [5.41, 5.74) is 9.49. The van der Waals surface area contributed by atoms with Crippen molar-refractivity contribution in [2.75, 3.05) is 0 Å². The van der Waals surface area contributed by atoms with E-state index in [0.29, 0.717) is 10.0 Å². The van der Waals surface area contributed by atoms with Crippen molar-refractivity contribution in [3.8, 4) is 11.3 Å². The van der Waals surface area contributed by atoms with Crippen molar-refractivity contribution in [2.24, 2.45) is 5.73 Å². The summed E-state index contributed by atoms with van der Waals surface area (Å²) in [4.78, 5) is 4.60. The number of hydrogen-bond acceptors (Lipinski definition) is 2. The minimum absolute atomic E-state index is 0.396. The molecule has 0 saturated carbocycles. The first-order chi connectivity index (χ1) is 8.79. The summed E-state index contributed by atoms with van der Waals surface area (Å²) in [5, 5.41) is 1.07. The minimum atomic E-state index is -0.396. The molecule has 0 bridgehead atoms. The highest BCUT2D eigenvalue weighted by Crippen LogP contribution is 2.29. The number of nitrogens with two attached hydrogens (primary N) is 1. The number of aryl methyl sites for hydroxylation is 1. The Hall–Kier alpha value is -1.09. The second-order valence-corrected chi connectivity index (χ2v) is 5.99. The van der Waals surface area contributed by atoms with Crippen LogP contribution in [0, 0.1) is 6.92 Å². The molecule has 0 aliphatic carbocycles. The van der Waals surface area contributed by atoms with Crippen LogP contribution in [0.25, 0.3) is 11.3 Å². The van der Waals surface area contributed by atoms with Crippen LogP contribution in [-0.2, 0) is 5.54 Å². The molecule has 2 rings (SSSR count). The number of pyridine rings is 1. The van der Waals surface area contributed by atoms with Crippen molar-refractivity contribution in [3.05, 3.63) is 51.6 Å². The molecule has 0 radical (unpaired) electrons. The van der Waals surface area contributed by atoms with Gasteiger partial charge in [0, 0.05) is 16.8 Å². The molecule has 2 aromatic rings. The van der Waals surface area contributed by atoms with Gasteiger partial charge in [-0.25, -0.2) is 0 Å². The Bertz CT molecular complexity index is 616. The van der Waals surface area contributed by atoms with Crippen LogP contribution in [-0.4, -0.2) is 4.98 Å². The second-order valence-electron chi connectivity index (χ2n) is 5.18. The highest BCUT2D eigenvalue weighted by molar-refractivity contribution is 6.42. The Labute approximate surface area is 123 Å². The molecule has 0 spiro atoms. The van der Waals surface area contributed by atoms with E-state index in [1.165, 1.54) is 0 Å². The number of halogens is 2. The highest BCUT2D eigenvalue weighted by Gasteiger charge is 2.17. The third kappa shape index (κ3) is 3.08. The molecule has 1 aromatic heterocycles. The zero-order chi connectivity index (χ0) is 14.2. The average molecular weight is 295 g/mol. The Morgan fingerprint density at radius 2 is 1.74 bits per heavy atom. The molecule has 2 N–H and O–H groups in total. The van der Waals surface area contributed by atoms with Crippen molar-refractivity contribution in [1.29, 1.82) is 0 Å². The Balaban J connectivity index is 2.47. The van der Waals surface area contributed by atoms with Crippen LogP contribution in [0.15, 0.2) is 30.3 Å². The van der Waals surface area contributed by atoms with Gasteiger partial charge in [-0.2, -0.15) is 0 Å². The van der Waals surface area contributed by atoms with Crippen LogP contribution >= 0.6 is 23.2 Å². The fourth-order valence-corrected chi connectivity index (χ4v) is 2.36. The fraction of sp³-hybridized carbons (Fsp3) is 0.267. The standard InChI is InChI=1S/C15H16Cl2N2/c1-9-11(15(2,3)18)5-7-14(19-9)10-4-6-12(16)13(17)8-10/h4-8H,18H2,1-3H3. The lowest BCUT2D eigenvalue weighted by Crippen LogP contribution is -2.29. The summed E-state index contributed by atoms with van der Waals surface area (Å²) in [5.74, 6) is 0. The van der Waals surface area contributed by atoms with Crippen LogP contribution in [0.3, 0.4) is 0 Å². The second kappa shape index (κ2) is 5.12. The Morgan fingerprint density at radius 3 is 2.26 bits per heavy atom. The summed E-state index contributed by atoms with van der Waals surface area (Å²) in [7, 11) is 0. The molecule has 0 amide bonds. The van der Waals surface area contributed by atoms with Crippen LogP contribution in [0.2, 0.25) is 10.0 Å². The maximum atomic E-state index is 6.11. The first kappa shape index (κ1) is 14.3. The molecule has 19 heavy (non-hydrogen) atoms. The van der Waals surface area contributed by atoms with Gasteiger partial charge in [0.2, 0.25) is 0 Å². The molecule has 0 fully saturated rings. The van der Waals surface area contributed by atoms with Gasteiger partial charge < -0.3 is 5.73 Å². The van der Waals surface area contributed by atoms with Gasteiger partial charge in [0.15, 0.2) is 0 Å². The van der Waals surface area contributed by atoms with E-state index in [4.69, 9.17) is 28.9 Å². The molecule has 100 valence electrons. The zero-order valence-electron chi connectivity index (χ0n) is 11.2. The molecular weight excluding hydrogens is 279 g/mol. The molecule has 4 heteroatoms. The first-order valence-corrected chi connectivity index (χ1v) is 6.77. The Morgan fingerprint density at radius 1 is 1.05 bits per heavy atom. The third-order valence-electron chi connectivity index (χ3n) is 3.00. The van der Waals surface area contributed by atoms with E-state index in [1.54, 1.807) is 6.07 Å². The van der Waals surface area contributed by atoms with E-state index in [0.717, 1.165) is 22.5 Å². The van der Waals surface area contributed by atoms with Gasteiger partial charge in [-0.05, 0) is 44.5 Å². The quantitative estimate of drug-likeness (QED) is 0.882. The summed E-state index contributed by atoms with van der Waals surface area (Å²) < 4.78 is 0. The van der Waals surface area contributed by atoms with Crippen molar-refractivity contribution in [3.63, 3.8) is 0 Å². The number of hydrogen-bond donors (Lipinski definition) is 1. The van der Waals surface area contributed by atoms with E-state index >= 15 is 0 Å². The number of benzene rings is 1. The maximum absolute atomic E-state index is 6.11. The van der Waals surface area contributed by atoms with Crippen molar-refractivity contribution >= 4 is 23.2 Å². The van der Waals surface area contributed by atoms with Crippen molar-refractivity contribution < 1.29 is 0 Å². The van der Waals surface area contributed by atoms with Gasteiger partial charge in [0.1, 0.15) is 0 Å². The number of aromatic nitrogens is 1. The monoisotopic (exact) mass is 294 g/mol. The van der Waals surface area contributed by atoms with Crippen molar-refractivity contribution in [1.82, 2.24) is 4.98 Å². The lowest BCUT2D eigenvalue weighted by molar-refractivity contribution is 0.548. The largest absolute Gasteiger partial charge is 0.322 e. The number of rotatable bonds is 2. The molecule has 0 saturated heterocycles. The summed E-state index contributed by atoms with van der Waals surface area (Å²) >= 11 is 11.9. The molecular formula is C15H16Cl2N2. The van der Waals surface area contributed by atoms with E-state index < -0.39 is 5.54 Å². The Kier molecular flexibility index (Phi) is 3.86. The minimum Gasteiger partial charge on any atom is -0.322 e. The summed E-state index contributed by atoms with van der Waals surface area (Å²) in [6.45, 7) is 5.90. The van der Waals surface area contributed by atoms with Gasteiger partial charge in [-0.3, -0.25) is 4.98 Å². The van der Waals surface area contributed by atoms with E-state index in [9.17, 15) is 0 Å². The van der Waals surface area contributed by atoms with Crippen LogP contribution in [0.4, 0.5) is 0 Å². The zero-order valence-corrected chi connectivity index (χ0v) is 12.7. The smallest absolute Gasteiger partial charge is 0.0705 e. The SMILES string of the molecule is Cc1nc(-c2ccc(Cl)c(Cl)c2)ccc1C(C)(C)N. The predicted molar refractivity (Wildman–Crippen MR) is 81.6 cm³/mol.